The standard InChI is InChI=1S/C17H22F5N/c1-23(14-15-10-6-5-7-11-15)13-9-4-2-3-8-12-16(18,19)17(20,21)22/h2-3,5-7,10-11H,4,8-9,12-14H2,1H3/b3-2+. The van der Waals surface area contributed by atoms with Crippen molar-refractivity contribution < 1.29 is 22.0 Å². The number of allylic oxidation sites excluding steroid dienone is 2. The average Bonchev–Trinajstić information content (AvgIpc) is 2.46. The maximum atomic E-state index is 12.7. The van der Waals surface area contributed by atoms with Gasteiger partial charge in [-0.25, -0.2) is 0 Å². The van der Waals surface area contributed by atoms with E-state index in [1.807, 2.05) is 37.4 Å². The normalized spacial score (nSPS) is 13.2. The number of alkyl halides is 5. The highest BCUT2D eigenvalue weighted by molar-refractivity contribution is 5.14. The van der Waals surface area contributed by atoms with E-state index in [9.17, 15) is 22.0 Å². The molecule has 0 saturated heterocycles. The molecule has 0 unspecified atom stereocenters. The van der Waals surface area contributed by atoms with Crippen LogP contribution in [0.2, 0.25) is 0 Å². The lowest BCUT2D eigenvalue weighted by atomic mass is 10.1. The molecule has 0 saturated carbocycles. The number of hydrogen-bond donors (Lipinski definition) is 0. The van der Waals surface area contributed by atoms with Gasteiger partial charge in [-0.15, -0.1) is 0 Å². The van der Waals surface area contributed by atoms with Crippen molar-refractivity contribution in [2.75, 3.05) is 13.6 Å². The van der Waals surface area contributed by atoms with E-state index in [1.54, 1.807) is 6.08 Å². The zero-order chi connectivity index (χ0) is 17.3. The lowest BCUT2D eigenvalue weighted by Gasteiger charge is -2.18. The predicted octanol–water partition coefficient (Wildman–Crippen LogP) is 5.43. The van der Waals surface area contributed by atoms with Gasteiger partial charge < -0.3 is 4.90 Å². The summed E-state index contributed by atoms with van der Waals surface area (Å²) in [6.45, 7) is 1.65. The third-order valence-electron chi connectivity index (χ3n) is 3.41. The highest BCUT2D eigenvalue weighted by Crippen LogP contribution is 2.38. The molecule has 130 valence electrons. The van der Waals surface area contributed by atoms with Crippen molar-refractivity contribution in [2.45, 2.75) is 44.3 Å². The van der Waals surface area contributed by atoms with Crippen LogP contribution in [0.25, 0.3) is 0 Å². The first-order valence-corrected chi connectivity index (χ1v) is 7.54. The fraction of sp³-hybridized carbons (Fsp3) is 0.529. The fourth-order valence-electron chi connectivity index (χ4n) is 2.10. The largest absolute Gasteiger partial charge is 0.453 e. The van der Waals surface area contributed by atoms with E-state index in [0.717, 1.165) is 19.5 Å². The minimum Gasteiger partial charge on any atom is -0.302 e. The van der Waals surface area contributed by atoms with Gasteiger partial charge in [-0.3, -0.25) is 0 Å². The molecule has 0 heterocycles. The van der Waals surface area contributed by atoms with Gasteiger partial charge in [0, 0.05) is 13.0 Å². The van der Waals surface area contributed by atoms with Gasteiger partial charge in [-0.2, -0.15) is 22.0 Å². The third-order valence-corrected chi connectivity index (χ3v) is 3.41. The smallest absolute Gasteiger partial charge is 0.302 e. The Morgan fingerprint density at radius 1 is 0.957 bits per heavy atom. The lowest BCUT2D eigenvalue weighted by Crippen LogP contribution is -2.35. The first-order valence-electron chi connectivity index (χ1n) is 7.54. The summed E-state index contributed by atoms with van der Waals surface area (Å²) in [5, 5.41) is 0. The van der Waals surface area contributed by atoms with Gasteiger partial charge in [0.05, 0.1) is 0 Å². The summed E-state index contributed by atoms with van der Waals surface area (Å²) in [4.78, 5) is 2.14. The molecule has 0 N–H and O–H groups in total. The summed E-state index contributed by atoms with van der Waals surface area (Å²) < 4.78 is 61.2. The number of rotatable bonds is 9. The second-order valence-electron chi connectivity index (χ2n) is 5.58. The Morgan fingerprint density at radius 2 is 1.57 bits per heavy atom. The van der Waals surface area contributed by atoms with Crippen LogP contribution in [0, 0.1) is 0 Å². The van der Waals surface area contributed by atoms with E-state index in [0.29, 0.717) is 6.42 Å². The van der Waals surface area contributed by atoms with Crippen molar-refractivity contribution in [3.63, 3.8) is 0 Å². The van der Waals surface area contributed by atoms with Crippen LogP contribution in [0.15, 0.2) is 42.5 Å². The quantitative estimate of drug-likeness (QED) is 0.330. The molecule has 1 aromatic carbocycles. The zero-order valence-electron chi connectivity index (χ0n) is 13.1. The Morgan fingerprint density at radius 3 is 2.17 bits per heavy atom. The minimum absolute atomic E-state index is 0.271. The molecule has 0 aliphatic rings. The molecular weight excluding hydrogens is 313 g/mol. The summed E-state index contributed by atoms with van der Waals surface area (Å²) in [6, 6.07) is 9.98. The van der Waals surface area contributed by atoms with Crippen LogP contribution in [0.5, 0.6) is 0 Å². The maximum absolute atomic E-state index is 12.7. The average molecular weight is 335 g/mol. The molecule has 0 aliphatic heterocycles. The minimum atomic E-state index is -5.46. The van der Waals surface area contributed by atoms with Gasteiger partial charge in [0.15, 0.2) is 0 Å². The van der Waals surface area contributed by atoms with Gasteiger partial charge in [0.25, 0.3) is 0 Å². The van der Waals surface area contributed by atoms with Crippen LogP contribution in [0.1, 0.15) is 31.2 Å². The van der Waals surface area contributed by atoms with E-state index < -0.39 is 18.5 Å². The molecular formula is C17H22F5N. The summed E-state index contributed by atoms with van der Waals surface area (Å²) in [6.07, 6.45) is -2.36. The molecule has 1 nitrogen and oxygen atoms in total. The summed E-state index contributed by atoms with van der Waals surface area (Å²) in [5.41, 5.74) is 1.21. The molecule has 1 rings (SSSR count). The number of nitrogens with zero attached hydrogens (tertiary/aromatic N) is 1. The summed E-state index contributed by atoms with van der Waals surface area (Å²) in [7, 11) is 1.99. The van der Waals surface area contributed by atoms with Crippen molar-refractivity contribution in [2.24, 2.45) is 0 Å². The van der Waals surface area contributed by atoms with E-state index >= 15 is 0 Å². The molecule has 0 atom stereocenters. The second-order valence-corrected chi connectivity index (χ2v) is 5.58. The van der Waals surface area contributed by atoms with E-state index in [2.05, 4.69) is 4.90 Å². The summed E-state index contributed by atoms with van der Waals surface area (Å²) in [5.74, 6) is -4.60. The Balaban J connectivity index is 2.15. The molecule has 0 amide bonds. The number of halogens is 5. The van der Waals surface area contributed by atoms with Crippen LogP contribution in [0.3, 0.4) is 0 Å². The Bertz CT molecular complexity index is 468. The monoisotopic (exact) mass is 335 g/mol. The van der Waals surface area contributed by atoms with Crippen molar-refractivity contribution in [1.82, 2.24) is 4.90 Å². The molecule has 0 aliphatic carbocycles. The van der Waals surface area contributed by atoms with Crippen LogP contribution < -0.4 is 0 Å². The third kappa shape index (κ3) is 7.59. The number of unbranched alkanes of at least 4 members (excludes halogenated alkanes) is 1. The van der Waals surface area contributed by atoms with Crippen molar-refractivity contribution >= 4 is 0 Å². The van der Waals surface area contributed by atoms with Gasteiger partial charge in [-0.05, 0) is 38.4 Å². The zero-order valence-corrected chi connectivity index (χ0v) is 13.1. The molecule has 1 aromatic rings. The lowest BCUT2D eigenvalue weighted by molar-refractivity contribution is -0.283. The first kappa shape index (κ1) is 19.6. The predicted molar refractivity (Wildman–Crippen MR) is 81.4 cm³/mol. The Hall–Kier alpha value is -1.43. The van der Waals surface area contributed by atoms with E-state index in [1.165, 1.54) is 11.6 Å². The molecule has 0 bridgehead atoms. The molecule has 23 heavy (non-hydrogen) atoms. The molecule has 6 heteroatoms. The number of benzene rings is 1. The SMILES string of the molecule is CN(CCC/C=C/CCC(F)(F)C(F)(F)F)Cc1ccccc1. The topological polar surface area (TPSA) is 3.24 Å². The molecule has 0 fully saturated rings. The highest BCUT2D eigenvalue weighted by atomic mass is 19.4. The van der Waals surface area contributed by atoms with Gasteiger partial charge in [0.1, 0.15) is 0 Å². The van der Waals surface area contributed by atoms with E-state index in [-0.39, 0.29) is 6.42 Å². The highest BCUT2D eigenvalue weighted by Gasteiger charge is 2.56. The molecule has 0 aromatic heterocycles. The van der Waals surface area contributed by atoms with Crippen molar-refractivity contribution in [3.05, 3.63) is 48.0 Å². The molecule has 0 radical (unpaired) electrons. The fourth-order valence-corrected chi connectivity index (χ4v) is 2.10. The van der Waals surface area contributed by atoms with Crippen LogP contribution in [0.4, 0.5) is 22.0 Å². The van der Waals surface area contributed by atoms with Crippen LogP contribution in [-0.4, -0.2) is 30.6 Å². The van der Waals surface area contributed by atoms with Crippen molar-refractivity contribution in [3.8, 4) is 0 Å². The first-order chi connectivity index (χ1) is 10.7. The van der Waals surface area contributed by atoms with Crippen LogP contribution in [-0.2, 0) is 6.54 Å². The Labute approximate surface area is 133 Å². The number of hydrogen-bond acceptors (Lipinski definition) is 1. The van der Waals surface area contributed by atoms with Crippen LogP contribution >= 0.6 is 0 Å². The molecule has 0 spiro atoms. The Kier molecular flexibility index (Phi) is 7.68. The van der Waals surface area contributed by atoms with Crippen molar-refractivity contribution in [1.29, 1.82) is 0 Å². The summed E-state index contributed by atoms with van der Waals surface area (Å²) >= 11 is 0. The second kappa shape index (κ2) is 9.01. The van der Waals surface area contributed by atoms with E-state index in [4.69, 9.17) is 0 Å². The van der Waals surface area contributed by atoms with Gasteiger partial charge in [-0.1, -0.05) is 42.5 Å². The van der Waals surface area contributed by atoms with Gasteiger partial charge >= 0.3 is 12.1 Å². The maximum Gasteiger partial charge on any atom is 0.453 e. The van der Waals surface area contributed by atoms with Gasteiger partial charge in [0.2, 0.25) is 0 Å².